The van der Waals surface area contributed by atoms with Crippen LogP contribution in [0.2, 0.25) is 0 Å². The van der Waals surface area contributed by atoms with E-state index >= 15 is 0 Å². The molecule has 0 heterocycles. The average molecular weight is 313 g/mol. The lowest BCUT2D eigenvalue weighted by Crippen LogP contribution is -1.95. The fourth-order valence-electron chi connectivity index (χ4n) is 2.63. The molecule has 0 aliphatic carbocycles. The van der Waals surface area contributed by atoms with Crippen LogP contribution in [0.4, 0.5) is 0 Å². The Hall–Kier alpha value is -0.600. The third-order valence-corrected chi connectivity index (χ3v) is 4.11. The number of rotatable bonds is 15. The van der Waals surface area contributed by atoms with Crippen molar-refractivity contribution in [2.75, 3.05) is 0 Å². The second-order valence-corrected chi connectivity index (χ2v) is 6.10. The van der Waals surface area contributed by atoms with E-state index in [-0.39, 0.29) is 12.3 Å². The summed E-state index contributed by atoms with van der Waals surface area (Å²) in [5, 5.41) is 0. The molecule has 1 atom stereocenters. The van der Waals surface area contributed by atoms with Crippen LogP contribution in [-0.4, -0.2) is 0 Å². The van der Waals surface area contributed by atoms with Gasteiger partial charge in [-0.2, -0.15) is 0 Å². The van der Waals surface area contributed by atoms with Crippen LogP contribution >= 0.6 is 0 Å². The van der Waals surface area contributed by atoms with Crippen LogP contribution < -0.4 is 12.3 Å². The van der Waals surface area contributed by atoms with Gasteiger partial charge in [0.1, 0.15) is 0 Å². The molecule has 0 spiro atoms. The second-order valence-electron chi connectivity index (χ2n) is 6.10. The Bertz CT molecular complexity index is 224. The van der Waals surface area contributed by atoms with Gasteiger partial charge in [-0.05, 0) is 38.0 Å². The predicted molar refractivity (Wildman–Crippen MR) is 104 cm³/mol. The first-order valence-corrected chi connectivity index (χ1v) is 9.12. The molecule has 0 saturated carbocycles. The van der Waals surface area contributed by atoms with Crippen molar-refractivity contribution in [3.63, 3.8) is 0 Å². The summed E-state index contributed by atoms with van der Waals surface area (Å²) in [7, 11) is 0. The van der Waals surface area contributed by atoms with E-state index in [9.17, 15) is 0 Å². The third-order valence-electron chi connectivity index (χ3n) is 4.11. The summed E-state index contributed by atoms with van der Waals surface area (Å²) < 4.78 is 0. The van der Waals surface area contributed by atoms with Crippen molar-refractivity contribution in [1.82, 2.24) is 12.3 Å². The number of hydrogen-bond donors (Lipinski definition) is 2. The highest BCUT2D eigenvalue weighted by Gasteiger charge is 2.02. The zero-order chi connectivity index (χ0) is 14.9. The molecule has 2 nitrogen and oxygen atoms in total. The maximum absolute atomic E-state index is 3.99. The summed E-state index contributed by atoms with van der Waals surface area (Å²) in [6, 6.07) is 0. The molecule has 0 bridgehead atoms. The molecule has 6 N–H and O–H groups in total. The largest absolute Gasteiger partial charge is 0.344 e. The molecule has 134 valence electrons. The molecule has 0 fully saturated rings. The fourth-order valence-corrected chi connectivity index (χ4v) is 2.63. The molecule has 0 radical (unpaired) electrons. The van der Waals surface area contributed by atoms with E-state index in [1.807, 2.05) is 0 Å². The first kappa shape index (κ1) is 26.3. The van der Waals surface area contributed by atoms with Gasteiger partial charge in [-0.3, -0.25) is 0 Å². The van der Waals surface area contributed by atoms with E-state index in [0.29, 0.717) is 0 Å². The maximum atomic E-state index is 3.99. The van der Waals surface area contributed by atoms with Gasteiger partial charge in [0.05, 0.1) is 0 Å². The van der Waals surface area contributed by atoms with Crippen LogP contribution in [0.25, 0.3) is 0 Å². The lowest BCUT2D eigenvalue weighted by molar-refractivity contribution is 0.505. The summed E-state index contributed by atoms with van der Waals surface area (Å²) in [5.74, 6) is 0.737. The van der Waals surface area contributed by atoms with Gasteiger partial charge >= 0.3 is 0 Å². The van der Waals surface area contributed by atoms with Gasteiger partial charge in [-0.25, -0.2) is 0 Å². The Balaban J connectivity index is -0.00000180. The van der Waals surface area contributed by atoms with Crippen molar-refractivity contribution in [2.45, 2.75) is 97.3 Å². The molecular formula is C20H44N2. The van der Waals surface area contributed by atoms with Crippen LogP contribution in [0.3, 0.4) is 0 Å². The smallest absolute Gasteiger partial charge is 0.0233 e. The van der Waals surface area contributed by atoms with Gasteiger partial charge in [0, 0.05) is 0 Å². The summed E-state index contributed by atoms with van der Waals surface area (Å²) >= 11 is 0. The minimum atomic E-state index is 0. The average Bonchev–Trinajstić information content (AvgIpc) is 2.47. The van der Waals surface area contributed by atoms with Crippen molar-refractivity contribution >= 4 is 0 Å². The summed E-state index contributed by atoms with van der Waals surface area (Å²) in [5.41, 5.74) is 0. The molecule has 0 aliphatic heterocycles. The molecule has 22 heavy (non-hydrogen) atoms. The van der Waals surface area contributed by atoms with E-state index in [4.69, 9.17) is 0 Å². The van der Waals surface area contributed by atoms with Gasteiger partial charge in [-0.15, -0.1) is 6.58 Å². The summed E-state index contributed by atoms with van der Waals surface area (Å²) in [4.78, 5) is 0. The van der Waals surface area contributed by atoms with Crippen molar-refractivity contribution in [2.24, 2.45) is 5.92 Å². The van der Waals surface area contributed by atoms with E-state index < -0.39 is 0 Å². The minimum absolute atomic E-state index is 0. The molecule has 0 rings (SSSR count). The van der Waals surface area contributed by atoms with E-state index in [2.05, 4.69) is 38.7 Å². The van der Waals surface area contributed by atoms with Crippen LogP contribution in [-0.2, 0) is 0 Å². The number of allylic oxidation sites excluding steroid dienone is 3. The lowest BCUT2D eigenvalue weighted by atomic mass is 9.96. The van der Waals surface area contributed by atoms with E-state index in [0.717, 1.165) is 5.92 Å². The first-order chi connectivity index (χ1) is 9.85. The molecule has 0 saturated heterocycles. The topological polar surface area (TPSA) is 70.0 Å². The Morgan fingerprint density at radius 3 is 1.82 bits per heavy atom. The minimum Gasteiger partial charge on any atom is -0.344 e. The lowest BCUT2D eigenvalue weighted by Gasteiger charge is -2.10. The van der Waals surface area contributed by atoms with Crippen LogP contribution in [0.1, 0.15) is 97.3 Å². The Kier molecular flexibility index (Phi) is 27.1. The zero-order valence-electron chi connectivity index (χ0n) is 15.6. The summed E-state index contributed by atoms with van der Waals surface area (Å²) in [6.45, 7) is 8.54. The van der Waals surface area contributed by atoms with Crippen LogP contribution in [0, 0.1) is 5.92 Å². The summed E-state index contributed by atoms with van der Waals surface area (Å²) in [6.07, 6.45) is 24.6. The maximum Gasteiger partial charge on any atom is -0.0233 e. The van der Waals surface area contributed by atoms with E-state index in [1.165, 1.54) is 83.5 Å². The number of unbranched alkanes of at least 4 members (excludes halogenated alkanes) is 8. The Labute approximate surface area is 141 Å². The zero-order valence-corrected chi connectivity index (χ0v) is 15.6. The quantitative estimate of drug-likeness (QED) is 0.239. The van der Waals surface area contributed by atoms with Gasteiger partial charge in [0.25, 0.3) is 0 Å². The highest BCUT2D eigenvalue weighted by atomic mass is 14.1. The molecular weight excluding hydrogens is 268 g/mol. The molecule has 0 aromatic heterocycles. The fraction of sp³-hybridized carbons (Fsp3) is 0.800. The third kappa shape index (κ3) is 19.4. The van der Waals surface area contributed by atoms with Crippen LogP contribution in [0.5, 0.6) is 0 Å². The van der Waals surface area contributed by atoms with Crippen molar-refractivity contribution in [3.05, 3.63) is 24.8 Å². The second kappa shape index (κ2) is 22.7. The van der Waals surface area contributed by atoms with Gasteiger partial charge < -0.3 is 12.3 Å². The molecule has 2 heteroatoms. The van der Waals surface area contributed by atoms with Crippen molar-refractivity contribution < 1.29 is 0 Å². The van der Waals surface area contributed by atoms with Crippen LogP contribution in [0.15, 0.2) is 24.8 Å². The number of hydrogen-bond acceptors (Lipinski definition) is 2. The Morgan fingerprint density at radius 2 is 1.23 bits per heavy atom. The SMILES string of the molecule is C=CC(CCC=CCCCCCCC)CCCCCC.N.N. The highest BCUT2D eigenvalue weighted by Crippen LogP contribution is 2.17. The van der Waals surface area contributed by atoms with E-state index in [1.54, 1.807) is 0 Å². The standard InChI is InChI=1S/C20H38.2H3N/c1-4-7-9-11-12-13-14-15-17-19-20(6-3)18-16-10-8-5-2;;/h6,14-15,20H,3-5,7-13,16-19H2,1-2H3;2*1H3. The molecule has 0 aromatic rings. The highest BCUT2D eigenvalue weighted by molar-refractivity contribution is 4.86. The predicted octanol–water partition coefficient (Wildman–Crippen LogP) is 7.78. The molecule has 0 aromatic carbocycles. The Morgan fingerprint density at radius 1 is 0.682 bits per heavy atom. The monoisotopic (exact) mass is 312 g/mol. The van der Waals surface area contributed by atoms with Crippen molar-refractivity contribution in [1.29, 1.82) is 0 Å². The van der Waals surface area contributed by atoms with Gasteiger partial charge in [0.15, 0.2) is 0 Å². The van der Waals surface area contributed by atoms with Gasteiger partial charge in [0.2, 0.25) is 0 Å². The van der Waals surface area contributed by atoms with Gasteiger partial charge in [-0.1, -0.05) is 83.4 Å². The molecule has 1 unspecified atom stereocenters. The molecule has 0 aliphatic rings. The normalized spacial score (nSPS) is 11.7. The van der Waals surface area contributed by atoms with Crippen molar-refractivity contribution in [3.8, 4) is 0 Å². The first-order valence-electron chi connectivity index (χ1n) is 9.12. The molecule has 0 amide bonds.